The normalized spacial score (nSPS) is 12.1. The summed E-state index contributed by atoms with van der Waals surface area (Å²) in [5.41, 5.74) is 1.10. The molecule has 2 aromatic carbocycles. The Hall–Kier alpha value is -2.44. The molecule has 2 rings (SSSR count). The maximum Gasteiger partial charge on any atom is 0.161 e. The van der Waals surface area contributed by atoms with Gasteiger partial charge >= 0.3 is 0 Å². The predicted octanol–water partition coefficient (Wildman–Crippen LogP) is 3.61. The van der Waals surface area contributed by atoms with Gasteiger partial charge in [-0.05, 0) is 47.9 Å². The summed E-state index contributed by atoms with van der Waals surface area (Å²) in [4.78, 5) is 2.23. The lowest BCUT2D eigenvalue weighted by Gasteiger charge is -2.27. The lowest BCUT2D eigenvalue weighted by Crippen LogP contribution is -2.37. The van der Waals surface area contributed by atoms with Crippen LogP contribution in [0.15, 0.2) is 42.5 Å². The first-order valence-electron chi connectivity index (χ1n) is 9.83. The van der Waals surface area contributed by atoms with Gasteiger partial charge in [-0.1, -0.05) is 19.9 Å². The maximum atomic E-state index is 10.5. The van der Waals surface area contributed by atoms with E-state index in [9.17, 15) is 5.11 Å². The van der Waals surface area contributed by atoms with Crippen molar-refractivity contribution in [2.45, 2.75) is 26.5 Å². The number of hydrogen-bond acceptors (Lipinski definition) is 6. The minimum Gasteiger partial charge on any atom is -0.497 e. The van der Waals surface area contributed by atoms with Crippen LogP contribution in [-0.4, -0.2) is 57.1 Å². The Balaban J connectivity index is 1.96. The summed E-state index contributed by atoms with van der Waals surface area (Å²) < 4.78 is 21.6. The molecular formula is C23H33NO5. The predicted molar refractivity (Wildman–Crippen MR) is 114 cm³/mol. The van der Waals surface area contributed by atoms with Crippen LogP contribution >= 0.6 is 0 Å². The van der Waals surface area contributed by atoms with Gasteiger partial charge in [0.05, 0.1) is 21.3 Å². The van der Waals surface area contributed by atoms with E-state index >= 15 is 0 Å². The standard InChI is InChI=1S/C23H33NO5/c1-17(2)13-24(14-18-6-11-22(27-4)23(12-18)28-5)15-19(25)16-29-21-9-7-20(26-3)8-10-21/h6-12,17,19,25H,13-16H2,1-5H3/t19-/m1/s1. The number of hydrogen-bond donors (Lipinski definition) is 1. The van der Waals surface area contributed by atoms with Crippen LogP contribution in [0, 0.1) is 5.92 Å². The summed E-state index contributed by atoms with van der Waals surface area (Å²) in [5.74, 6) is 3.37. The van der Waals surface area contributed by atoms with Crippen LogP contribution in [-0.2, 0) is 6.54 Å². The van der Waals surface area contributed by atoms with Crippen LogP contribution < -0.4 is 18.9 Å². The molecule has 0 radical (unpaired) electrons. The zero-order chi connectivity index (χ0) is 21.2. The average Bonchev–Trinajstić information content (AvgIpc) is 2.72. The molecule has 0 saturated heterocycles. The number of rotatable bonds is 12. The van der Waals surface area contributed by atoms with Gasteiger partial charge in [-0.25, -0.2) is 0 Å². The van der Waals surface area contributed by atoms with Crippen LogP contribution in [0.3, 0.4) is 0 Å². The number of benzene rings is 2. The monoisotopic (exact) mass is 403 g/mol. The highest BCUT2D eigenvalue weighted by molar-refractivity contribution is 5.42. The van der Waals surface area contributed by atoms with Crippen LogP contribution in [0.25, 0.3) is 0 Å². The Morgan fingerprint density at radius 1 is 0.828 bits per heavy atom. The van der Waals surface area contributed by atoms with E-state index in [0.717, 1.165) is 17.9 Å². The van der Waals surface area contributed by atoms with E-state index in [4.69, 9.17) is 18.9 Å². The quantitative estimate of drug-likeness (QED) is 0.584. The molecule has 29 heavy (non-hydrogen) atoms. The maximum absolute atomic E-state index is 10.5. The Morgan fingerprint density at radius 2 is 1.48 bits per heavy atom. The smallest absolute Gasteiger partial charge is 0.161 e. The molecular weight excluding hydrogens is 370 g/mol. The Bertz CT molecular complexity index is 733. The van der Waals surface area contributed by atoms with Gasteiger partial charge in [0, 0.05) is 19.6 Å². The van der Waals surface area contributed by atoms with E-state index in [1.54, 1.807) is 21.3 Å². The first-order chi connectivity index (χ1) is 13.9. The highest BCUT2D eigenvalue weighted by Gasteiger charge is 2.16. The molecule has 0 aromatic heterocycles. The summed E-state index contributed by atoms with van der Waals surface area (Å²) in [7, 11) is 4.89. The van der Waals surface area contributed by atoms with Crippen molar-refractivity contribution in [3.63, 3.8) is 0 Å². The number of ether oxygens (including phenoxy) is 4. The molecule has 0 aliphatic carbocycles. The molecule has 0 saturated carbocycles. The summed E-state index contributed by atoms with van der Waals surface area (Å²) in [5, 5.41) is 10.5. The van der Waals surface area contributed by atoms with Crippen molar-refractivity contribution in [3.05, 3.63) is 48.0 Å². The molecule has 6 nitrogen and oxygen atoms in total. The Labute approximate surface area is 174 Å². The molecule has 0 unspecified atom stereocenters. The van der Waals surface area contributed by atoms with Crippen molar-refractivity contribution in [2.24, 2.45) is 5.92 Å². The third kappa shape index (κ3) is 7.48. The minimum absolute atomic E-state index is 0.229. The number of methoxy groups -OCH3 is 3. The topological polar surface area (TPSA) is 60.4 Å². The second kappa shape index (κ2) is 11.5. The molecule has 1 atom stereocenters. The molecule has 0 amide bonds. The molecule has 1 N–H and O–H groups in total. The Morgan fingerprint density at radius 3 is 2.07 bits per heavy atom. The van der Waals surface area contributed by atoms with Crippen LogP contribution in [0.4, 0.5) is 0 Å². The van der Waals surface area contributed by atoms with E-state index in [2.05, 4.69) is 18.7 Å². The van der Waals surface area contributed by atoms with Gasteiger partial charge in [0.25, 0.3) is 0 Å². The molecule has 0 bridgehead atoms. The van der Waals surface area contributed by atoms with Crippen molar-refractivity contribution in [1.82, 2.24) is 4.90 Å². The largest absolute Gasteiger partial charge is 0.497 e. The fourth-order valence-electron chi connectivity index (χ4n) is 3.17. The molecule has 0 heterocycles. The van der Waals surface area contributed by atoms with E-state index in [0.29, 0.717) is 36.3 Å². The highest BCUT2D eigenvalue weighted by Crippen LogP contribution is 2.28. The van der Waals surface area contributed by atoms with E-state index < -0.39 is 6.10 Å². The second-order valence-corrected chi connectivity index (χ2v) is 7.42. The van der Waals surface area contributed by atoms with Gasteiger partial charge in [0.1, 0.15) is 24.2 Å². The van der Waals surface area contributed by atoms with Crippen LogP contribution in [0.5, 0.6) is 23.0 Å². The summed E-state index contributed by atoms with van der Waals surface area (Å²) >= 11 is 0. The number of aliphatic hydroxyl groups is 1. The van der Waals surface area contributed by atoms with Gasteiger partial charge in [0.15, 0.2) is 11.5 Å². The Kier molecular flexibility index (Phi) is 9.09. The number of aliphatic hydroxyl groups excluding tert-OH is 1. The summed E-state index contributed by atoms with van der Waals surface area (Å²) in [6, 6.07) is 13.3. The van der Waals surface area contributed by atoms with Crippen molar-refractivity contribution >= 4 is 0 Å². The van der Waals surface area contributed by atoms with Crippen molar-refractivity contribution < 1.29 is 24.1 Å². The van der Waals surface area contributed by atoms with Gasteiger partial charge < -0.3 is 24.1 Å². The third-order valence-electron chi connectivity index (χ3n) is 4.45. The van der Waals surface area contributed by atoms with E-state index in [1.807, 2.05) is 42.5 Å². The first-order valence-corrected chi connectivity index (χ1v) is 9.83. The number of nitrogens with zero attached hydrogens (tertiary/aromatic N) is 1. The molecule has 0 aliphatic rings. The average molecular weight is 404 g/mol. The SMILES string of the molecule is COc1ccc(OC[C@H](O)CN(Cc2ccc(OC)c(OC)c2)CC(C)C)cc1. The fourth-order valence-corrected chi connectivity index (χ4v) is 3.17. The minimum atomic E-state index is -0.601. The summed E-state index contributed by atoms with van der Waals surface area (Å²) in [6.45, 7) is 6.66. The zero-order valence-electron chi connectivity index (χ0n) is 18.1. The van der Waals surface area contributed by atoms with Crippen molar-refractivity contribution in [3.8, 4) is 23.0 Å². The fraction of sp³-hybridized carbons (Fsp3) is 0.478. The zero-order valence-corrected chi connectivity index (χ0v) is 18.1. The molecule has 0 aliphatic heterocycles. The van der Waals surface area contributed by atoms with Crippen molar-refractivity contribution in [2.75, 3.05) is 41.0 Å². The van der Waals surface area contributed by atoms with E-state index in [-0.39, 0.29) is 6.61 Å². The third-order valence-corrected chi connectivity index (χ3v) is 4.45. The molecule has 0 spiro atoms. The molecule has 2 aromatic rings. The van der Waals surface area contributed by atoms with Gasteiger partial charge in [0.2, 0.25) is 0 Å². The molecule has 6 heteroatoms. The lowest BCUT2D eigenvalue weighted by molar-refractivity contribution is 0.0614. The lowest BCUT2D eigenvalue weighted by atomic mass is 10.1. The van der Waals surface area contributed by atoms with Crippen LogP contribution in [0.1, 0.15) is 19.4 Å². The van der Waals surface area contributed by atoms with Gasteiger partial charge in [-0.2, -0.15) is 0 Å². The van der Waals surface area contributed by atoms with Gasteiger partial charge in [-0.15, -0.1) is 0 Å². The second-order valence-electron chi connectivity index (χ2n) is 7.42. The van der Waals surface area contributed by atoms with Crippen molar-refractivity contribution in [1.29, 1.82) is 0 Å². The van der Waals surface area contributed by atoms with Crippen LogP contribution in [0.2, 0.25) is 0 Å². The van der Waals surface area contributed by atoms with Gasteiger partial charge in [-0.3, -0.25) is 4.90 Å². The molecule has 160 valence electrons. The highest BCUT2D eigenvalue weighted by atomic mass is 16.5. The molecule has 0 fully saturated rings. The first kappa shape index (κ1) is 22.8. The summed E-state index contributed by atoms with van der Waals surface area (Å²) in [6.07, 6.45) is -0.601. The van der Waals surface area contributed by atoms with E-state index in [1.165, 1.54) is 0 Å².